The SMILES string of the molecule is COC(=O)N[C@@H](C)C(=O)N1CCN(n2c(C(C)N(C(=O)Nc3ccc(F)cc3)c3ccc(OC)cc3OC)nc3cc(F)c(F)cc3c2=O)CC1.[HH].[HH]. The summed E-state index contributed by atoms with van der Waals surface area (Å²) in [4.78, 5) is 60.5. The van der Waals surface area contributed by atoms with E-state index in [1.165, 1.54) is 67.0 Å². The topological polar surface area (TPSA) is 148 Å². The van der Waals surface area contributed by atoms with Gasteiger partial charge in [-0.15, -0.1) is 0 Å². The van der Waals surface area contributed by atoms with E-state index < -0.39 is 47.2 Å². The number of aromatic nitrogens is 2. The first kappa shape index (κ1) is 36.3. The third-order valence-corrected chi connectivity index (χ3v) is 8.38. The summed E-state index contributed by atoms with van der Waals surface area (Å²) in [6.45, 7) is 3.49. The van der Waals surface area contributed by atoms with Crippen LogP contribution in [0.2, 0.25) is 0 Å². The van der Waals surface area contributed by atoms with Crippen molar-refractivity contribution in [1.82, 2.24) is 19.9 Å². The standard InChI is InChI=1S/C34H36F3N7O7.2H2/c1-19(38-34(48)51-5)31(45)41-12-14-42(15-13-41)44-30(40-27-18-26(37)25(36)17-24(27)32(44)46)20(2)43(28-11-10-23(49-3)16-29(28)50-4)33(47)39-22-8-6-21(35)7-9-22;;/h6-11,16-20H,12-15H2,1-5H3,(H,38,48)(H,39,47);2*1H/t19-,20?;;/m0../s1. The van der Waals surface area contributed by atoms with Gasteiger partial charge in [-0.05, 0) is 56.3 Å². The van der Waals surface area contributed by atoms with Crippen molar-refractivity contribution in [2.24, 2.45) is 0 Å². The van der Waals surface area contributed by atoms with Gasteiger partial charge in [-0.1, -0.05) is 0 Å². The monoisotopic (exact) mass is 715 g/mol. The van der Waals surface area contributed by atoms with Crippen molar-refractivity contribution in [3.63, 3.8) is 0 Å². The Morgan fingerprint density at radius 1 is 0.902 bits per heavy atom. The first-order valence-corrected chi connectivity index (χ1v) is 15.7. The molecule has 51 heavy (non-hydrogen) atoms. The highest BCUT2D eigenvalue weighted by atomic mass is 19.2. The van der Waals surface area contributed by atoms with E-state index in [-0.39, 0.29) is 68.8 Å². The van der Waals surface area contributed by atoms with Gasteiger partial charge in [0.1, 0.15) is 23.4 Å². The number of rotatable bonds is 9. The number of hydrogen-bond acceptors (Lipinski definition) is 9. The lowest BCUT2D eigenvalue weighted by Gasteiger charge is -2.39. The van der Waals surface area contributed by atoms with Crippen molar-refractivity contribution < 1.29 is 44.6 Å². The van der Waals surface area contributed by atoms with E-state index in [4.69, 9.17) is 9.47 Å². The number of alkyl carbamates (subject to hydrolysis) is 1. The van der Waals surface area contributed by atoms with Gasteiger partial charge < -0.3 is 34.8 Å². The van der Waals surface area contributed by atoms with Crippen LogP contribution in [0.1, 0.15) is 28.6 Å². The third-order valence-electron chi connectivity index (χ3n) is 8.38. The number of piperazine rings is 1. The molecule has 1 saturated heterocycles. The van der Waals surface area contributed by atoms with Crippen LogP contribution in [0.25, 0.3) is 10.9 Å². The van der Waals surface area contributed by atoms with E-state index in [1.807, 2.05) is 0 Å². The summed E-state index contributed by atoms with van der Waals surface area (Å²) in [5.41, 5.74) is -0.431. The molecule has 17 heteroatoms. The molecule has 0 aliphatic carbocycles. The largest absolute Gasteiger partial charge is 0.497 e. The van der Waals surface area contributed by atoms with Crippen LogP contribution < -0.4 is 35.6 Å². The quantitative estimate of drug-likeness (QED) is 0.253. The maximum Gasteiger partial charge on any atom is 0.407 e. The molecule has 0 bridgehead atoms. The number of carbonyl (C=O) groups is 3. The normalized spacial score (nSPS) is 14.0. The average molecular weight is 716 g/mol. The fourth-order valence-electron chi connectivity index (χ4n) is 5.73. The lowest BCUT2D eigenvalue weighted by atomic mass is 10.1. The zero-order valence-electron chi connectivity index (χ0n) is 28.4. The molecule has 0 radical (unpaired) electrons. The number of benzene rings is 3. The van der Waals surface area contributed by atoms with Crippen LogP contribution in [0, 0.1) is 17.5 Å². The van der Waals surface area contributed by atoms with Crippen molar-refractivity contribution in [2.75, 3.05) is 62.7 Å². The molecule has 2 N–H and O–H groups in total. The summed E-state index contributed by atoms with van der Waals surface area (Å²) >= 11 is 0. The molecule has 1 unspecified atom stereocenters. The molecule has 1 aliphatic heterocycles. The minimum atomic E-state index is -1.25. The molecular formula is C34H40F3N7O7. The number of nitrogens with zero attached hydrogens (tertiary/aromatic N) is 5. The zero-order chi connectivity index (χ0) is 37.0. The second-order valence-corrected chi connectivity index (χ2v) is 11.5. The molecule has 3 aromatic carbocycles. The van der Waals surface area contributed by atoms with Gasteiger partial charge in [-0.25, -0.2) is 32.4 Å². The molecule has 4 aromatic rings. The lowest BCUT2D eigenvalue weighted by Crippen LogP contribution is -2.59. The Kier molecular flexibility index (Phi) is 10.9. The lowest BCUT2D eigenvalue weighted by molar-refractivity contribution is -0.133. The predicted molar refractivity (Wildman–Crippen MR) is 186 cm³/mol. The Labute approximate surface area is 293 Å². The summed E-state index contributed by atoms with van der Waals surface area (Å²) < 4.78 is 59.4. The number of urea groups is 1. The van der Waals surface area contributed by atoms with E-state index in [1.54, 1.807) is 30.1 Å². The van der Waals surface area contributed by atoms with Crippen molar-refractivity contribution in [2.45, 2.75) is 25.9 Å². The van der Waals surface area contributed by atoms with Gasteiger partial charge in [0.2, 0.25) is 5.91 Å². The van der Waals surface area contributed by atoms with E-state index in [2.05, 4.69) is 20.4 Å². The van der Waals surface area contributed by atoms with E-state index >= 15 is 0 Å². The van der Waals surface area contributed by atoms with Gasteiger partial charge in [0.05, 0.1) is 57.1 Å². The van der Waals surface area contributed by atoms with Crippen molar-refractivity contribution in [3.8, 4) is 11.5 Å². The minimum Gasteiger partial charge on any atom is -0.497 e. The molecule has 0 saturated carbocycles. The fourth-order valence-corrected chi connectivity index (χ4v) is 5.73. The van der Waals surface area contributed by atoms with Crippen LogP contribution in [-0.2, 0) is 9.53 Å². The highest BCUT2D eigenvalue weighted by molar-refractivity contribution is 6.03. The number of hydrogen-bond donors (Lipinski definition) is 2. The number of anilines is 2. The molecular weight excluding hydrogens is 675 g/mol. The summed E-state index contributed by atoms with van der Waals surface area (Å²) in [6.07, 6.45) is -0.771. The number of fused-ring (bicyclic) bond motifs is 1. The second-order valence-electron chi connectivity index (χ2n) is 11.5. The number of amides is 4. The Hall–Kier alpha value is -6.00. The Morgan fingerprint density at radius 2 is 1.57 bits per heavy atom. The van der Waals surface area contributed by atoms with Crippen LogP contribution in [0.3, 0.4) is 0 Å². The van der Waals surface area contributed by atoms with Gasteiger partial charge in [-0.2, -0.15) is 0 Å². The molecule has 1 aliphatic rings. The highest BCUT2D eigenvalue weighted by Crippen LogP contribution is 2.37. The molecule has 2 atom stereocenters. The first-order chi connectivity index (χ1) is 24.4. The molecule has 2 heterocycles. The number of carbonyl (C=O) groups excluding carboxylic acids is 3. The summed E-state index contributed by atoms with van der Waals surface area (Å²) in [6, 6.07) is 8.60. The van der Waals surface area contributed by atoms with Gasteiger partial charge in [0.15, 0.2) is 17.5 Å². The molecule has 274 valence electrons. The molecule has 1 aromatic heterocycles. The van der Waals surface area contributed by atoms with Crippen LogP contribution in [0.15, 0.2) is 59.4 Å². The maximum atomic E-state index is 14.5. The number of methoxy groups -OCH3 is 3. The second kappa shape index (κ2) is 15.3. The molecule has 4 amide bonds. The van der Waals surface area contributed by atoms with Gasteiger partial charge >= 0.3 is 12.1 Å². The Balaban J connectivity index is 0.00000378. The first-order valence-electron chi connectivity index (χ1n) is 15.7. The Bertz CT molecular complexity index is 2020. The van der Waals surface area contributed by atoms with E-state index in [0.29, 0.717) is 5.75 Å². The minimum absolute atomic E-state index is 0. The van der Waals surface area contributed by atoms with E-state index in [0.717, 1.165) is 12.1 Å². The number of ether oxygens (including phenoxy) is 3. The molecule has 5 rings (SSSR count). The number of nitrogens with one attached hydrogen (secondary N) is 2. The third kappa shape index (κ3) is 7.61. The molecule has 1 fully saturated rings. The van der Waals surface area contributed by atoms with Gasteiger partial charge in [-0.3, -0.25) is 14.5 Å². The van der Waals surface area contributed by atoms with E-state index in [9.17, 15) is 32.3 Å². The van der Waals surface area contributed by atoms with Crippen LogP contribution >= 0.6 is 0 Å². The maximum absolute atomic E-state index is 14.5. The summed E-state index contributed by atoms with van der Waals surface area (Å²) in [5, 5.41) is 6.52. The smallest absolute Gasteiger partial charge is 0.407 e. The van der Waals surface area contributed by atoms with Gasteiger partial charge in [0.25, 0.3) is 5.56 Å². The molecule has 0 spiro atoms. The molecule has 14 nitrogen and oxygen atoms in total. The fraction of sp³-hybridized carbons (Fsp3) is 0.324. The number of halogens is 3. The Morgan fingerprint density at radius 3 is 2.20 bits per heavy atom. The van der Waals surface area contributed by atoms with Crippen molar-refractivity contribution in [3.05, 3.63) is 88.2 Å². The van der Waals surface area contributed by atoms with Gasteiger partial charge in [0, 0.05) is 33.8 Å². The summed E-state index contributed by atoms with van der Waals surface area (Å²) in [5.74, 6) is -2.78. The van der Waals surface area contributed by atoms with Crippen molar-refractivity contribution >= 4 is 40.3 Å². The highest BCUT2D eigenvalue weighted by Gasteiger charge is 2.34. The van der Waals surface area contributed by atoms with Crippen molar-refractivity contribution in [1.29, 1.82) is 0 Å². The summed E-state index contributed by atoms with van der Waals surface area (Å²) in [7, 11) is 4.03. The zero-order valence-corrected chi connectivity index (χ0v) is 28.4. The van der Waals surface area contributed by atoms with Crippen LogP contribution in [0.4, 0.5) is 34.1 Å². The van der Waals surface area contributed by atoms with Crippen LogP contribution in [-0.4, -0.2) is 86.1 Å². The van der Waals surface area contributed by atoms with Crippen LogP contribution in [0.5, 0.6) is 11.5 Å². The predicted octanol–water partition coefficient (Wildman–Crippen LogP) is 4.65. The average Bonchev–Trinajstić information content (AvgIpc) is 3.13.